The molecule has 0 spiro atoms. The number of benzene rings is 3. The Morgan fingerprint density at radius 1 is 0.943 bits per heavy atom. The van der Waals surface area contributed by atoms with Gasteiger partial charge < -0.3 is 10.1 Å². The maximum atomic E-state index is 13.2. The smallest absolute Gasteiger partial charge is 0.264 e. The lowest BCUT2D eigenvalue weighted by molar-refractivity contribution is -0.117. The normalized spacial score (nSPS) is 11.1. The van der Waals surface area contributed by atoms with Gasteiger partial charge in [0.05, 0.1) is 28.3 Å². The van der Waals surface area contributed by atoms with Crippen LogP contribution in [0.25, 0.3) is 22.2 Å². The number of aromatic nitrogens is 1. The average Bonchev–Trinajstić information content (AvgIpc) is 2.83. The van der Waals surface area contributed by atoms with Crippen molar-refractivity contribution in [3.63, 3.8) is 0 Å². The Morgan fingerprint density at radius 2 is 1.63 bits per heavy atom. The molecular formula is C26H23N3O5S. The summed E-state index contributed by atoms with van der Waals surface area (Å²) in [5.41, 5.74) is 2.96. The van der Waals surface area contributed by atoms with Crippen LogP contribution < -0.4 is 14.8 Å². The Kier molecular flexibility index (Phi) is 6.79. The summed E-state index contributed by atoms with van der Waals surface area (Å²) in [7, 11) is -3.96. The van der Waals surface area contributed by atoms with Crippen LogP contribution >= 0.6 is 0 Å². The first-order valence-electron chi connectivity index (χ1n) is 10.8. The summed E-state index contributed by atoms with van der Waals surface area (Å²) in [4.78, 5) is 29.0. The third-order valence-electron chi connectivity index (χ3n) is 5.12. The van der Waals surface area contributed by atoms with E-state index < -0.39 is 15.9 Å². The fraction of sp³-hybridized carbons (Fsp3) is 0.115. The van der Waals surface area contributed by atoms with Crippen LogP contribution in [0.2, 0.25) is 0 Å². The minimum Gasteiger partial charge on any atom is -0.494 e. The maximum Gasteiger partial charge on any atom is 0.264 e. The highest BCUT2D eigenvalue weighted by molar-refractivity contribution is 7.90. The van der Waals surface area contributed by atoms with Crippen molar-refractivity contribution < 1.29 is 22.7 Å². The van der Waals surface area contributed by atoms with Crippen molar-refractivity contribution in [3.05, 3.63) is 84.4 Å². The largest absolute Gasteiger partial charge is 0.494 e. The summed E-state index contributed by atoms with van der Waals surface area (Å²) in [5.74, 6) is -0.303. The van der Waals surface area contributed by atoms with Crippen molar-refractivity contribution >= 4 is 38.4 Å². The number of pyridine rings is 1. The van der Waals surface area contributed by atoms with Crippen LogP contribution in [0.3, 0.4) is 0 Å². The van der Waals surface area contributed by atoms with Crippen LogP contribution in [-0.4, -0.2) is 31.8 Å². The number of fused-ring (bicyclic) bond motifs is 1. The number of nitrogens with one attached hydrogen (secondary N) is 2. The Labute approximate surface area is 203 Å². The van der Waals surface area contributed by atoms with Gasteiger partial charge in [-0.05, 0) is 67.6 Å². The first-order chi connectivity index (χ1) is 16.8. The predicted octanol–water partition coefficient (Wildman–Crippen LogP) is 4.38. The van der Waals surface area contributed by atoms with Crippen molar-refractivity contribution in [1.29, 1.82) is 0 Å². The zero-order chi connectivity index (χ0) is 25.0. The van der Waals surface area contributed by atoms with E-state index in [4.69, 9.17) is 9.72 Å². The number of carbonyl (C=O) groups excluding carboxylic acids is 2. The maximum absolute atomic E-state index is 13.2. The lowest BCUT2D eigenvalue weighted by atomic mass is 10.0. The SMILES string of the molecule is CCOc1ccc(-c2cc(C(=O)Nc3ccc(S(=O)(=O)NC(C)=O)cc3)c3ccccc3n2)cc1. The number of ether oxygens (including phenoxy) is 1. The standard InChI is InChI=1S/C26H23N3O5S/c1-3-34-20-12-8-18(9-13-20)25-16-23(22-6-4-5-7-24(22)28-25)26(31)27-19-10-14-21(15-11-19)35(32,33)29-17(2)30/h4-16H,3H2,1-2H3,(H,27,31)(H,29,30). The van der Waals surface area contributed by atoms with Crippen molar-refractivity contribution in [2.45, 2.75) is 18.7 Å². The van der Waals surface area contributed by atoms with E-state index >= 15 is 0 Å². The Bertz CT molecular complexity index is 1500. The van der Waals surface area contributed by atoms with Crippen LogP contribution in [0.4, 0.5) is 5.69 Å². The fourth-order valence-electron chi connectivity index (χ4n) is 3.56. The molecule has 0 radical (unpaired) electrons. The topological polar surface area (TPSA) is 114 Å². The Balaban J connectivity index is 1.65. The Hall–Kier alpha value is -4.24. The van der Waals surface area contributed by atoms with E-state index in [1.165, 1.54) is 24.3 Å². The minimum atomic E-state index is -3.96. The lowest BCUT2D eigenvalue weighted by Crippen LogP contribution is -2.28. The number of nitrogens with zero attached hydrogens (tertiary/aromatic N) is 1. The summed E-state index contributed by atoms with van der Waals surface area (Å²) >= 11 is 0. The average molecular weight is 490 g/mol. The fourth-order valence-corrected chi connectivity index (χ4v) is 4.55. The molecular weight excluding hydrogens is 466 g/mol. The summed E-state index contributed by atoms with van der Waals surface area (Å²) in [6, 6.07) is 22.1. The van der Waals surface area contributed by atoms with Gasteiger partial charge in [-0.25, -0.2) is 18.1 Å². The zero-order valence-corrected chi connectivity index (χ0v) is 19.9. The molecule has 2 amide bonds. The first kappa shape index (κ1) is 23.9. The second-order valence-corrected chi connectivity index (χ2v) is 9.35. The van der Waals surface area contributed by atoms with E-state index in [1.807, 2.05) is 60.2 Å². The number of para-hydroxylation sites is 1. The molecule has 0 aliphatic rings. The van der Waals surface area contributed by atoms with E-state index in [9.17, 15) is 18.0 Å². The van der Waals surface area contributed by atoms with Gasteiger partial charge in [0, 0.05) is 23.6 Å². The predicted molar refractivity (Wildman–Crippen MR) is 134 cm³/mol. The molecule has 0 unspecified atom stereocenters. The van der Waals surface area contributed by atoms with Gasteiger partial charge in [-0.15, -0.1) is 0 Å². The van der Waals surface area contributed by atoms with E-state index in [-0.39, 0.29) is 10.8 Å². The van der Waals surface area contributed by atoms with Crippen molar-refractivity contribution in [2.75, 3.05) is 11.9 Å². The van der Waals surface area contributed by atoms with Crippen molar-refractivity contribution in [1.82, 2.24) is 9.71 Å². The summed E-state index contributed by atoms with van der Waals surface area (Å²) < 4.78 is 31.7. The number of sulfonamides is 1. The molecule has 4 rings (SSSR count). The third-order valence-corrected chi connectivity index (χ3v) is 6.57. The van der Waals surface area contributed by atoms with Crippen molar-refractivity contribution in [2.24, 2.45) is 0 Å². The molecule has 0 fully saturated rings. The molecule has 1 heterocycles. The minimum absolute atomic E-state index is 0.0853. The van der Waals surface area contributed by atoms with Crippen LogP contribution in [-0.2, 0) is 14.8 Å². The second kappa shape index (κ2) is 9.94. The van der Waals surface area contributed by atoms with Gasteiger partial charge in [0.15, 0.2) is 0 Å². The van der Waals surface area contributed by atoms with Gasteiger partial charge in [-0.2, -0.15) is 0 Å². The Morgan fingerprint density at radius 3 is 2.29 bits per heavy atom. The van der Waals surface area contributed by atoms with Crippen LogP contribution in [0.5, 0.6) is 5.75 Å². The number of rotatable bonds is 7. The molecule has 2 N–H and O–H groups in total. The highest BCUT2D eigenvalue weighted by Crippen LogP contribution is 2.27. The molecule has 35 heavy (non-hydrogen) atoms. The molecule has 8 nitrogen and oxygen atoms in total. The van der Waals surface area contributed by atoms with Crippen LogP contribution in [0.1, 0.15) is 24.2 Å². The monoisotopic (exact) mass is 489 g/mol. The molecule has 178 valence electrons. The number of amides is 2. The van der Waals surface area contributed by atoms with E-state index in [1.54, 1.807) is 6.07 Å². The molecule has 0 atom stereocenters. The molecule has 9 heteroatoms. The van der Waals surface area contributed by atoms with Crippen molar-refractivity contribution in [3.8, 4) is 17.0 Å². The zero-order valence-electron chi connectivity index (χ0n) is 19.1. The van der Waals surface area contributed by atoms with Crippen LogP contribution in [0, 0.1) is 0 Å². The van der Waals surface area contributed by atoms with Gasteiger partial charge in [-0.3, -0.25) is 9.59 Å². The molecule has 0 saturated carbocycles. The second-order valence-electron chi connectivity index (χ2n) is 7.67. The quantitative estimate of drug-likeness (QED) is 0.398. The molecule has 0 aliphatic heterocycles. The van der Waals surface area contributed by atoms with Gasteiger partial charge in [-0.1, -0.05) is 18.2 Å². The number of hydrogen-bond donors (Lipinski definition) is 2. The highest BCUT2D eigenvalue weighted by atomic mass is 32.2. The first-order valence-corrected chi connectivity index (χ1v) is 12.3. The van der Waals surface area contributed by atoms with E-state index in [0.29, 0.717) is 34.5 Å². The molecule has 0 aliphatic carbocycles. The molecule has 4 aromatic rings. The highest BCUT2D eigenvalue weighted by Gasteiger charge is 2.17. The lowest BCUT2D eigenvalue weighted by Gasteiger charge is -2.12. The summed E-state index contributed by atoms with van der Waals surface area (Å²) in [6.07, 6.45) is 0. The van der Waals surface area contributed by atoms with Gasteiger partial charge in [0.25, 0.3) is 15.9 Å². The van der Waals surface area contributed by atoms with Gasteiger partial charge in [0.1, 0.15) is 5.75 Å². The summed E-state index contributed by atoms with van der Waals surface area (Å²) in [6.45, 7) is 3.60. The number of carbonyl (C=O) groups is 2. The number of hydrogen-bond acceptors (Lipinski definition) is 6. The van der Waals surface area contributed by atoms with E-state index in [2.05, 4.69) is 5.32 Å². The van der Waals surface area contributed by atoms with Gasteiger partial charge >= 0.3 is 0 Å². The summed E-state index contributed by atoms with van der Waals surface area (Å²) in [5, 5.41) is 3.49. The van der Waals surface area contributed by atoms with Crippen LogP contribution in [0.15, 0.2) is 83.8 Å². The molecule has 1 aromatic heterocycles. The van der Waals surface area contributed by atoms with Gasteiger partial charge in [0.2, 0.25) is 5.91 Å². The van der Waals surface area contributed by atoms with E-state index in [0.717, 1.165) is 18.2 Å². The third kappa shape index (κ3) is 5.47. The molecule has 3 aromatic carbocycles. The molecule has 0 bridgehead atoms. The molecule has 0 saturated heterocycles. The number of anilines is 1.